The summed E-state index contributed by atoms with van der Waals surface area (Å²) in [5, 5.41) is 1.08. The van der Waals surface area contributed by atoms with Crippen LogP contribution in [0.25, 0.3) is 11.0 Å². The Hall–Kier alpha value is -1.91. The average molecular weight is 300 g/mol. The molecule has 118 valence electrons. The van der Waals surface area contributed by atoms with Crippen LogP contribution in [-0.4, -0.2) is 33.8 Å². The molecular formula is C17H24N4O. The molecule has 0 aliphatic heterocycles. The van der Waals surface area contributed by atoms with Crippen molar-refractivity contribution in [3.8, 4) is 0 Å². The standard InChI is InChI=1S/C17H24N4O/c1-3-14(22)10-12-4-6-13(7-5-12)21(2)17-15-8-9-18-16(15)19-11-20-17/h8-9,11-13H,3-7,10H2,1-2H3,(H,18,19,20). The molecule has 22 heavy (non-hydrogen) atoms. The molecule has 2 aromatic heterocycles. The van der Waals surface area contributed by atoms with Crippen molar-refractivity contribution in [1.29, 1.82) is 0 Å². The van der Waals surface area contributed by atoms with Gasteiger partial charge in [-0.2, -0.15) is 0 Å². The number of rotatable bonds is 5. The fraction of sp³-hybridized carbons (Fsp3) is 0.588. The maximum atomic E-state index is 11.6. The summed E-state index contributed by atoms with van der Waals surface area (Å²) in [6.07, 6.45) is 9.52. The quantitative estimate of drug-likeness (QED) is 0.920. The van der Waals surface area contributed by atoms with Crippen molar-refractivity contribution in [2.24, 2.45) is 5.92 Å². The number of hydrogen-bond acceptors (Lipinski definition) is 4. The molecule has 1 aliphatic rings. The number of carbonyl (C=O) groups excluding carboxylic acids is 1. The number of H-pyrrole nitrogens is 1. The van der Waals surface area contributed by atoms with Crippen LogP contribution in [-0.2, 0) is 4.79 Å². The van der Waals surface area contributed by atoms with Gasteiger partial charge in [0.2, 0.25) is 0 Å². The van der Waals surface area contributed by atoms with Gasteiger partial charge in [-0.15, -0.1) is 0 Å². The van der Waals surface area contributed by atoms with Crippen molar-refractivity contribution >= 4 is 22.6 Å². The Labute approximate surface area is 131 Å². The van der Waals surface area contributed by atoms with Crippen molar-refractivity contribution in [2.75, 3.05) is 11.9 Å². The first-order chi connectivity index (χ1) is 10.7. The van der Waals surface area contributed by atoms with Gasteiger partial charge in [-0.1, -0.05) is 6.92 Å². The lowest BCUT2D eigenvalue weighted by atomic mass is 9.82. The van der Waals surface area contributed by atoms with Gasteiger partial charge >= 0.3 is 0 Å². The van der Waals surface area contributed by atoms with Crippen LogP contribution < -0.4 is 4.90 Å². The Morgan fingerprint density at radius 3 is 2.82 bits per heavy atom. The predicted molar refractivity (Wildman–Crippen MR) is 88.0 cm³/mol. The third-order valence-corrected chi connectivity index (χ3v) is 4.94. The van der Waals surface area contributed by atoms with Crippen molar-refractivity contribution in [3.63, 3.8) is 0 Å². The molecule has 1 fully saturated rings. The molecule has 1 aliphatic carbocycles. The molecule has 5 heteroatoms. The molecule has 0 bridgehead atoms. The van der Waals surface area contributed by atoms with Crippen molar-refractivity contribution < 1.29 is 4.79 Å². The van der Waals surface area contributed by atoms with Crippen LogP contribution in [0.4, 0.5) is 5.82 Å². The van der Waals surface area contributed by atoms with Gasteiger partial charge in [0.1, 0.15) is 23.6 Å². The summed E-state index contributed by atoms with van der Waals surface area (Å²) in [6, 6.07) is 2.54. The van der Waals surface area contributed by atoms with Gasteiger partial charge in [0.25, 0.3) is 0 Å². The number of nitrogens with zero attached hydrogens (tertiary/aromatic N) is 3. The van der Waals surface area contributed by atoms with Gasteiger partial charge in [0, 0.05) is 32.1 Å². The first kappa shape index (κ1) is 15.0. The smallest absolute Gasteiger partial charge is 0.142 e. The van der Waals surface area contributed by atoms with E-state index in [2.05, 4.69) is 26.9 Å². The zero-order valence-electron chi connectivity index (χ0n) is 13.4. The number of carbonyl (C=O) groups is 1. The maximum Gasteiger partial charge on any atom is 0.142 e. The molecule has 0 radical (unpaired) electrons. The van der Waals surface area contributed by atoms with Crippen LogP contribution in [0.5, 0.6) is 0 Å². The minimum absolute atomic E-state index is 0.404. The highest BCUT2D eigenvalue weighted by Gasteiger charge is 2.26. The summed E-state index contributed by atoms with van der Waals surface area (Å²) in [4.78, 5) is 25.8. The molecule has 0 saturated heterocycles. The van der Waals surface area contributed by atoms with Crippen LogP contribution in [0.15, 0.2) is 18.6 Å². The number of fused-ring (bicyclic) bond motifs is 1. The van der Waals surface area contributed by atoms with Gasteiger partial charge in [-0.3, -0.25) is 4.79 Å². The number of nitrogens with one attached hydrogen (secondary N) is 1. The number of Topliss-reactive ketones (excluding diaryl/α,β-unsaturated/α-hetero) is 1. The van der Waals surface area contributed by atoms with Gasteiger partial charge < -0.3 is 9.88 Å². The van der Waals surface area contributed by atoms with Gasteiger partial charge in [0.05, 0.1) is 5.39 Å². The van der Waals surface area contributed by atoms with E-state index in [1.165, 1.54) is 0 Å². The molecule has 0 spiro atoms. The number of anilines is 1. The number of ketones is 1. The van der Waals surface area contributed by atoms with Crippen LogP contribution in [0.3, 0.4) is 0 Å². The molecule has 0 unspecified atom stereocenters. The topological polar surface area (TPSA) is 61.9 Å². The van der Waals surface area contributed by atoms with E-state index in [1.807, 2.05) is 19.2 Å². The second-order valence-corrected chi connectivity index (χ2v) is 6.32. The molecule has 1 N–H and O–H groups in total. The molecule has 0 aromatic carbocycles. The Morgan fingerprint density at radius 1 is 1.32 bits per heavy atom. The first-order valence-electron chi connectivity index (χ1n) is 8.21. The highest BCUT2D eigenvalue weighted by atomic mass is 16.1. The minimum Gasteiger partial charge on any atom is -0.356 e. The molecule has 0 amide bonds. The molecule has 1 saturated carbocycles. The number of hydrogen-bond donors (Lipinski definition) is 1. The third kappa shape index (κ3) is 2.98. The molecule has 2 heterocycles. The number of aromatic amines is 1. The fourth-order valence-corrected chi connectivity index (χ4v) is 3.52. The van der Waals surface area contributed by atoms with Gasteiger partial charge in [-0.25, -0.2) is 9.97 Å². The maximum absolute atomic E-state index is 11.6. The van der Waals surface area contributed by atoms with E-state index in [-0.39, 0.29) is 0 Å². The first-order valence-corrected chi connectivity index (χ1v) is 8.21. The summed E-state index contributed by atoms with van der Waals surface area (Å²) in [7, 11) is 2.12. The summed E-state index contributed by atoms with van der Waals surface area (Å²) in [6.45, 7) is 1.96. The van der Waals surface area contributed by atoms with E-state index in [0.717, 1.165) is 49.0 Å². The Morgan fingerprint density at radius 2 is 2.09 bits per heavy atom. The Bertz CT molecular complexity index is 643. The van der Waals surface area contributed by atoms with Crippen LogP contribution >= 0.6 is 0 Å². The van der Waals surface area contributed by atoms with Crippen molar-refractivity contribution in [1.82, 2.24) is 15.0 Å². The SMILES string of the molecule is CCC(=O)CC1CCC(N(C)c2ncnc3[nH]ccc23)CC1. The zero-order valence-corrected chi connectivity index (χ0v) is 13.4. The molecule has 5 nitrogen and oxygen atoms in total. The summed E-state index contributed by atoms with van der Waals surface area (Å²) < 4.78 is 0. The Balaban J connectivity index is 1.66. The minimum atomic E-state index is 0.404. The third-order valence-electron chi connectivity index (χ3n) is 4.94. The van der Waals surface area contributed by atoms with Crippen LogP contribution in [0, 0.1) is 5.92 Å². The molecule has 3 rings (SSSR count). The predicted octanol–water partition coefficient (Wildman–Crippen LogP) is 3.32. The van der Waals surface area contributed by atoms with Crippen molar-refractivity contribution in [2.45, 2.75) is 51.5 Å². The highest BCUT2D eigenvalue weighted by molar-refractivity contribution is 5.87. The normalized spacial score (nSPS) is 21.9. The van der Waals surface area contributed by atoms with E-state index >= 15 is 0 Å². The van der Waals surface area contributed by atoms with Crippen molar-refractivity contribution in [3.05, 3.63) is 18.6 Å². The lowest BCUT2D eigenvalue weighted by Crippen LogP contribution is -2.36. The Kier molecular flexibility index (Phi) is 4.41. The zero-order chi connectivity index (χ0) is 15.5. The second kappa shape index (κ2) is 6.46. The van der Waals surface area contributed by atoms with E-state index in [9.17, 15) is 4.79 Å². The molecule has 2 aromatic rings. The van der Waals surface area contributed by atoms with E-state index < -0.39 is 0 Å². The summed E-state index contributed by atoms with van der Waals surface area (Å²) in [5.41, 5.74) is 0.888. The van der Waals surface area contributed by atoms with E-state index in [4.69, 9.17) is 0 Å². The van der Waals surface area contributed by atoms with Gasteiger partial charge in [0.15, 0.2) is 0 Å². The largest absolute Gasteiger partial charge is 0.356 e. The number of aromatic nitrogens is 3. The van der Waals surface area contributed by atoms with Crippen LogP contribution in [0.1, 0.15) is 45.4 Å². The van der Waals surface area contributed by atoms with Gasteiger partial charge in [-0.05, 0) is 37.7 Å². The second-order valence-electron chi connectivity index (χ2n) is 6.32. The average Bonchev–Trinajstić information content (AvgIpc) is 3.03. The summed E-state index contributed by atoms with van der Waals surface area (Å²) in [5.74, 6) is 1.98. The summed E-state index contributed by atoms with van der Waals surface area (Å²) >= 11 is 0. The van der Waals surface area contributed by atoms with E-state index in [0.29, 0.717) is 24.2 Å². The lowest BCUT2D eigenvalue weighted by Gasteiger charge is -2.35. The fourth-order valence-electron chi connectivity index (χ4n) is 3.52. The van der Waals surface area contributed by atoms with E-state index in [1.54, 1.807) is 6.33 Å². The van der Waals surface area contributed by atoms with Crippen LogP contribution in [0.2, 0.25) is 0 Å². The molecular weight excluding hydrogens is 276 g/mol. The molecule has 0 atom stereocenters. The highest BCUT2D eigenvalue weighted by Crippen LogP contribution is 2.32. The monoisotopic (exact) mass is 300 g/mol. The lowest BCUT2D eigenvalue weighted by molar-refractivity contribution is -0.119.